The van der Waals surface area contributed by atoms with Crippen LogP contribution in [0.25, 0.3) is 22.2 Å². The summed E-state index contributed by atoms with van der Waals surface area (Å²) in [6, 6.07) is 13.8. The zero-order valence-corrected chi connectivity index (χ0v) is 18.1. The predicted molar refractivity (Wildman–Crippen MR) is 113 cm³/mol. The van der Waals surface area contributed by atoms with Crippen molar-refractivity contribution in [2.24, 2.45) is 0 Å². The van der Waals surface area contributed by atoms with E-state index in [2.05, 4.69) is 36.8 Å². The molecule has 0 fully saturated rings. The zero-order chi connectivity index (χ0) is 18.8. The van der Waals surface area contributed by atoms with Gasteiger partial charge in [0.15, 0.2) is 5.75 Å². The van der Waals surface area contributed by atoms with Crippen LogP contribution in [-0.2, 0) is 0 Å². The standard InChI is InChI=1S/C20H20Br2N2O2/c1-13(25)24-18(14-7-5-4-6-8-14)20(26-10-9-23(2)3)16-11-15(21)12-17(22)19(16)24/h4-8,11-12H,9-10H2,1-3H3. The molecule has 0 aliphatic heterocycles. The lowest BCUT2D eigenvalue weighted by Gasteiger charge is -2.13. The van der Waals surface area contributed by atoms with E-state index < -0.39 is 0 Å². The first-order valence-corrected chi connectivity index (χ1v) is 9.86. The van der Waals surface area contributed by atoms with Crippen LogP contribution in [0.5, 0.6) is 5.75 Å². The highest BCUT2D eigenvalue weighted by atomic mass is 79.9. The Labute approximate surface area is 170 Å². The molecule has 0 N–H and O–H groups in total. The summed E-state index contributed by atoms with van der Waals surface area (Å²) in [6.07, 6.45) is 0. The van der Waals surface area contributed by atoms with E-state index >= 15 is 0 Å². The lowest BCUT2D eigenvalue weighted by Crippen LogP contribution is -2.19. The Morgan fingerprint density at radius 3 is 2.46 bits per heavy atom. The molecule has 0 aliphatic rings. The topological polar surface area (TPSA) is 34.5 Å². The molecule has 0 radical (unpaired) electrons. The zero-order valence-electron chi connectivity index (χ0n) is 14.9. The average molecular weight is 480 g/mol. The molecule has 3 aromatic rings. The van der Waals surface area contributed by atoms with Crippen molar-refractivity contribution in [2.75, 3.05) is 27.2 Å². The van der Waals surface area contributed by atoms with Crippen LogP contribution < -0.4 is 4.74 Å². The molecule has 0 atom stereocenters. The summed E-state index contributed by atoms with van der Waals surface area (Å²) in [5, 5.41) is 0.902. The van der Waals surface area contributed by atoms with E-state index in [1.807, 2.05) is 56.6 Å². The maximum absolute atomic E-state index is 12.6. The second kappa shape index (κ2) is 7.94. The molecule has 0 bridgehead atoms. The molecule has 0 saturated carbocycles. The van der Waals surface area contributed by atoms with Crippen molar-refractivity contribution in [3.8, 4) is 17.0 Å². The molecule has 6 heteroatoms. The van der Waals surface area contributed by atoms with Gasteiger partial charge in [0.2, 0.25) is 5.91 Å². The molecule has 0 unspecified atom stereocenters. The molecule has 136 valence electrons. The Balaban J connectivity index is 2.31. The van der Waals surface area contributed by atoms with Gasteiger partial charge in [-0.1, -0.05) is 46.3 Å². The SMILES string of the molecule is CC(=O)n1c(-c2ccccc2)c(OCCN(C)C)c2cc(Br)cc(Br)c21. The lowest BCUT2D eigenvalue weighted by molar-refractivity contribution is 0.0942. The number of aromatic nitrogens is 1. The van der Waals surface area contributed by atoms with Crippen molar-refractivity contribution in [3.63, 3.8) is 0 Å². The summed E-state index contributed by atoms with van der Waals surface area (Å²) in [4.78, 5) is 14.6. The van der Waals surface area contributed by atoms with Crippen LogP contribution in [0.1, 0.15) is 11.7 Å². The van der Waals surface area contributed by atoms with E-state index in [0.29, 0.717) is 6.61 Å². The van der Waals surface area contributed by atoms with Gasteiger partial charge in [0.05, 0.1) is 11.2 Å². The number of carbonyl (C=O) groups is 1. The second-order valence-corrected chi connectivity index (χ2v) is 8.10. The number of rotatable bonds is 5. The van der Waals surface area contributed by atoms with Crippen LogP contribution in [-0.4, -0.2) is 42.6 Å². The molecule has 2 aromatic carbocycles. The molecular formula is C20H20Br2N2O2. The van der Waals surface area contributed by atoms with Crippen molar-refractivity contribution in [1.29, 1.82) is 0 Å². The van der Waals surface area contributed by atoms with Gasteiger partial charge in [-0.3, -0.25) is 9.36 Å². The minimum Gasteiger partial charge on any atom is -0.489 e. The fraction of sp³-hybridized carbons (Fsp3) is 0.250. The molecular weight excluding hydrogens is 460 g/mol. The van der Waals surface area contributed by atoms with Crippen LogP contribution in [0.3, 0.4) is 0 Å². The number of halogens is 2. The van der Waals surface area contributed by atoms with Gasteiger partial charge < -0.3 is 9.64 Å². The minimum absolute atomic E-state index is 0.0562. The first-order valence-electron chi connectivity index (χ1n) is 8.27. The van der Waals surface area contributed by atoms with Gasteiger partial charge >= 0.3 is 0 Å². The summed E-state index contributed by atoms with van der Waals surface area (Å²) >= 11 is 7.16. The van der Waals surface area contributed by atoms with Crippen LogP contribution in [0.4, 0.5) is 0 Å². The first-order chi connectivity index (χ1) is 12.4. The maximum atomic E-state index is 12.6. The van der Waals surface area contributed by atoms with Gasteiger partial charge in [-0.05, 0) is 42.2 Å². The third-order valence-corrected chi connectivity index (χ3v) is 5.14. The van der Waals surface area contributed by atoms with E-state index in [1.54, 1.807) is 11.5 Å². The van der Waals surface area contributed by atoms with E-state index in [0.717, 1.165) is 43.4 Å². The first kappa shape index (κ1) is 19.1. The fourth-order valence-corrected chi connectivity index (χ4v) is 4.36. The van der Waals surface area contributed by atoms with Crippen molar-refractivity contribution in [1.82, 2.24) is 9.47 Å². The minimum atomic E-state index is -0.0562. The summed E-state index contributed by atoms with van der Waals surface area (Å²) < 4.78 is 9.70. The van der Waals surface area contributed by atoms with Crippen molar-refractivity contribution in [3.05, 3.63) is 51.4 Å². The molecule has 3 rings (SSSR count). The average Bonchev–Trinajstić information content (AvgIpc) is 2.90. The largest absolute Gasteiger partial charge is 0.489 e. The number of nitrogens with zero attached hydrogens (tertiary/aromatic N) is 2. The number of carbonyl (C=O) groups excluding carboxylic acids is 1. The number of fused-ring (bicyclic) bond motifs is 1. The van der Waals surface area contributed by atoms with Crippen LogP contribution in [0.2, 0.25) is 0 Å². The molecule has 0 amide bonds. The summed E-state index contributed by atoms with van der Waals surface area (Å²) in [5.41, 5.74) is 2.55. The van der Waals surface area contributed by atoms with Crippen LogP contribution in [0.15, 0.2) is 51.4 Å². The predicted octanol–water partition coefficient (Wildman–Crippen LogP) is 5.43. The highest BCUT2D eigenvalue weighted by molar-refractivity contribution is 9.11. The molecule has 1 aromatic heterocycles. The smallest absolute Gasteiger partial charge is 0.228 e. The Bertz CT molecular complexity index is 950. The number of ether oxygens (including phenoxy) is 1. The van der Waals surface area contributed by atoms with Crippen LogP contribution >= 0.6 is 31.9 Å². The Hall–Kier alpha value is -1.63. The van der Waals surface area contributed by atoms with Gasteiger partial charge in [-0.25, -0.2) is 0 Å². The molecule has 26 heavy (non-hydrogen) atoms. The molecule has 1 heterocycles. The van der Waals surface area contributed by atoms with E-state index in [-0.39, 0.29) is 5.91 Å². The van der Waals surface area contributed by atoms with Gasteiger partial charge in [0, 0.05) is 33.4 Å². The summed E-state index contributed by atoms with van der Waals surface area (Å²) in [5.74, 6) is 0.671. The second-order valence-electron chi connectivity index (χ2n) is 6.33. The Morgan fingerprint density at radius 1 is 1.15 bits per heavy atom. The van der Waals surface area contributed by atoms with Crippen LogP contribution in [0, 0.1) is 0 Å². The van der Waals surface area contributed by atoms with Gasteiger partial charge in [-0.2, -0.15) is 0 Å². The Morgan fingerprint density at radius 2 is 1.85 bits per heavy atom. The van der Waals surface area contributed by atoms with Gasteiger partial charge in [0.25, 0.3) is 0 Å². The summed E-state index contributed by atoms with van der Waals surface area (Å²) in [7, 11) is 4.01. The molecule has 0 aliphatic carbocycles. The number of hydrogen-bond acceptors (Lipinski definition) is 3. The number of benzene rings is 2. The van der Waals surface area contributed by atoms with Crippen molar-refractivity contribution in [2.45, 2.75) is 6.92 Å². The summed E-state index contributed by atoms with van der Waals surface area (Å²) in [6.45, 7) is 2.90. The fourth-order valence-electron chi connectivity index (χ4n) is 2.95. The highest BCUT2D eigenvalue weighted by Crippen LogP contribution is 2.44. The molecule has 0 saturated heterocycles. The van der Waals surface area contributed by atoms with Gasteiger partial charge in [0.1, 0.15) is 6.61 Å². The lowest BCUT2D eigenvalue weighted by atomic mass is 10.1. The number of hydrogen-bond donors (Lipinski definition) is 0. The van der Waals surface area contributed by atoms with Gasteiger partial charge in [-0.15, -0.1) is 0 Å². The van der Waals surface area contributed by atoms with Crippen molar-refractivity contribution < 1.29 is 9.53 Å². The van der Waals surface area contributed by atoms with E-state index in [1.165, 1.54) is 0 Å². The van der Waals surface area contributed by atoms with E-state index in [4.69, 9.17) is 4.74 Å². The van der Waals surface area contributed by atoms with E-state index in [9.17, 15) is 4.79 Å². The highest BCUT2D eigenvalue weighted by Gasteiger charge is 2.24. The molecule has 4 nitrogen and oxygen atoms in total. The normalized spacial score (nSPS) is 11.3. The molecule has 0 spiro atoms. The third kappa shape index (κ3) is 3.72. The monoisotopic (exact) mass is 478 g/mol. The third-order valence-electron chi connectivity index (χ3n) is 4.08. The van der Waals surface area contributed by atoms with Crippen molar-refractivity contribution >= 4 is 48.7 Å². The maximum Gasteiger partial charge on any atom is 0.228 e. The quantitative estimate of drug-likeness (QED) is 0.489. The Kier molecular flexibility index (Phi) is 5.85. The number of likely N-dealkylation sites (N-methyl/N-ethyl adjacent to an activating group) is 1.